The molecule has 0 unspecified atom stereocenters. The molecule has 110 valence electrons. The first-order valence-electron chi connectivity index (χ1n) is 5.79. The molecule has 0 amide bonds. The van der Waals surface area contributed by atoms with Gasteiger partial charge in [-0.15, -0.1) is 29.4 Å². The van der Waals surface area contributed by atoms with Crippen LogP contribution in [0.3, 0.4) is 0 Å². The second-order valence-electron chi connectivity index (χ2n) is 4.24. The van der Waals surface area contributed by atoms with E-state index in [0.717, 1.165) is 38.9 Å². The molecule has 6 heteroatoms. The molecule has 0 aromatic heterocycles. The summed E-state index contributed by atoms with van der Waals surface area (Å²) in [6.07, 6.45) is 4.78. The Balaban J connectivity index is -0.00000112. The van der Waals surface area contributed by atoms with Crippen LogP contribution in [0.15, 0.2) is 11.6 Å². The molecule has 0 saturated carbocycles. The second kappa shape index (κ2) is 15.0. The first-order chi connectivity index (χ1) is 7.54. The maximum Gasteiger partial charge on any atom is 0.330 e. The molecule has 0 rings (SSSR count). The van der Waals surface area contributed by atoms with Gasteiger partial charge in [0.1, 0.15) is 0 Å². The minimum Gasteiger partial charge on any atom is -0.478 e. The van der Waals surface area contributed by atoms with E-state index in [1.54, 1.807) is 13.0 Å². The minimum atomic E-state index is -0.816. The molecule has 4 nitrogen and oxygen atoms in total. The molecular formula is C12H26BrClN2O2. The molecule has 0 aliphatic rings. The van der Waals surface area contributed by atoms with Crippen LogP contribution in [-0.4, -0.2) is 49.7 Å². The molecular weight excluding hydrogens is 320 g/mol. The van der Waals surface area contributed by atoms with Crippen LogP contribution in [-0.2, 0) is 4.79 Å². The fourth-order valence-electron chi connectivity index (χ4n) is 1.23. The van der Waals surface area contributed by atoms with Gasteiger partial charge >= 0.3 is 5.97 Å². The Hall–Kier alpha value is -0.100. The van der Waals surface area contributed by atoms with Crippen molar-refractivity contribution in [1.29, 1.82) is 0 Å². The number of nitrogens with zero attached hydrogens (tertiary/aromatic N) is 1. The molecule has 0 aliphatic heterocycles. The molecule has 0 fully saturated rings. The van der Waals surface area contributed by atoms with Gasteiger partial charge in [0.2, 0.25) is 0 Å². The Morgan fingerprint density at radius 3 is 2.39 bits per heavy atom. The largest absolute Gasteiger partial charge is 0.478 e. The van der Waals surface area contributed by atoms with Crippen molar-refractivity contribution in [3.8, 4) is 0 Å². The summed E-state index contributed by atoms with van der Waals surface area (Å²) in [5, 5.41) is 12.0. The minimum absolute atomic E-state index is 0. The summed E-state index contributed by atoms with van der Waals surface area (Å²) in [7, 11) is 4.11. The van der Waals surface area contributed by atoms with E-state index in [1.807, 2.05) is 0 Å². The quantitative estimate of drug-likeness (QED) is 0.497. The molecule has 0 aliphatic carbocycles. The average Bonchev–Trinajstić information content (AvgIpc) is 2.21. The fraction of sp³-hybridized carbons (Fsp3) is 0.750. The maximum absolute atomic E-state index is 10.5. The van der Waals surface area contributed by atoms with Gasteiger partial charge in [-0.1, -0.05) is 6.08 Å². The first kappa shape index (κ1) is 23.0. The standard InChI is InChI=1S/C12H24N2O2.BrH.ClH/c1-11(12(15)16)7-5-4-6-8-13-9-10-14(2)3;;/h7,13H,4-6,8-10H2,1-3H3,(H,15,16);2*1H. The van der Waals surface area contributed by atoms with Crippen LogP contribution in [0, 0.1) is 0 Å². The van der Waals surface area contributed by atoms with Crippen LogP contribution in [0.2, 0.25) is 0 Å². The van der Waals surface area contributed by atoms with E-state index in [4.69, 9.17) is 5.11 Å². The molecule has 0 atom stereocenters. The lowest BCUT2D eigenvalue weighted by Crippen LogP contribution is -2.27. The number of hydrogen-bond donors (Lipinski definition) is 2. The monoisotopic (exact) mass is 344 g/mol. The van der Waals surface area contributed by atoms with Crippen LogP contribution in [0.4, 0.5) is 0 Å². The maximum atomic E-state index is 10.5. The number of hydrogen-bond acceptors (Lipinski definition) is 3. The predicted octanol–water partition coefficient (Wildman–Crippen LogP) is 2.34. The number of aliphatic carboxylic acids is 1. The predicted molar refractivity (Wildman–Crippen MR) is 84.2 cm³/mol. The number of carboxylic acid groups (broad SMARTS) is 1. The number of carboxylic acids is 1. The Labute approximate surface area is 127 Å². The Morgan fingerprint density at radius 2 is 1.89 bits per heavy atom. The highest BCUT2D eigenvalue weighted by atomic mass is 79.9. The van der Waals surface area contributed by atoms with Crippen LogP contribution in [0.25, 0.3) is 0 Å². The number of unbranched alkanes of at least 4 members (excludes halogenated alkanes) is 2. The van der Waals surface area contributed by atoms with Gasteiger partial charge < -0.3 is 15.3 Å². The summed E-state index contributed by atoms with van der Waals surface area (Å²) >= 11 is 0. The summed E-state index contributed by atoms with van der Waals surface area (Å²) in [5.41, 5.74) is 0.445. The van der Waals surface area contributed by atoms with Gasteiger partial charge in [0.05, 0.1) is 0 Å². The zero-order chi connectivity index (χ0) is 12.4. The molecule has 0 aromatic carbocycles. The normalized spacial score (nSPS) is 10.8. The third kappa shape index (κ3) is 15.9. The van der Waals surface area contributed by atoms with Crippen molar-refractivity contribution in [1.82, 2.24) is 10.2 Å². The van der Waals surface area contributed by atoms with Gasteiger partial charge in [0, 0.05) is 18.7 Å². The molecule has 18 heavy (non-hydrogen) atoms. The van der Waals surface area contributed by atoms with Crippen LogP contribution >= 0.6 is 29.4 Å². The van der Waals surface area contributed by atoms with Gasteiger partial charge in [-0.3, -0.25) is 0 Å². The molecule has 0 heterocycles. The van der Waals surface area contributed by atoms with Gasteiger partial charge in [-0.2, -0.15) is 0 Å². The van der Waals surface area contributed by atoms with Gasteiger partial charge in [-0.25, -0.2) is 4.79 Å². The topological polar surface area (TPSA) is 52.6 Å². The van der Waals surface area contributed by atoms with Crippen molar-refractivity contribution in [2.45, 2.75) is 26.2 Å². The van der Waals surface area contributed by atoms with Gasteiger partial charge in [0.15, 0.2) is 0 Å². The summed E-state index contributed by atoms with van der Waals surface area (Å²) in [6.45, 7) is 4.71. The van der Waals surface area contributed by atoms with Crippen molar-refractivity contribution in [2.24, 2.45) is 0 Å². The summed E-state index contributed by atoms with van der Waals surface area (Å²) in [6, 6.07) is 0. The number of halogens is 2. The zero-order valence-corrected chi connectivity index (χ0v) is 14.0. The highest BCUT2D eigenvalue weighted by molar-refractivity contribution is 8.93. The molecule has 0 spiro atoms. The lowest BCUT2D eigenvalue weighted by molar-refractivity contribution is -0.132. The highest BCUT2D eigenvalue weighted by Crippen LogP contribution is 2.00. The van der Waals surface area contributed by atoms with Crippen LogP contribution in [0.5, 0.6) is 0 Å². The molecule has 0 radical (unpaired) electrons. The molecule has 2 N–H and O–H groups in total. The number of carbonyl (C=O) groups is 1. The number of rotatable bonds is 9. The number of nitrogens with one attached hydrogen (secondary N) is 1. The van der Waals surface area contributed by atoms with Crippen molar-refractivity contribution >= 4 is 35.4 Å². The molecule has 0 saturated heterocycles. The van der Waals surface area contributed by atoms with Crippen molar-refractivity contribution in [2.75, 3.05) is 33.7 Å². The molecule has 0 bridgehead atoms. The zero-order valence-electron chi connectivity index (χ0n) is 11.4. The average molecular weight is 346 g/mol. The van der Waals surface area contributed by atoms with E-state index < -0.39 is 5.97 Å². The van der Waals surface area contributed by atoms with Crippen molar-refractivity contribution in [3.63, 3.8) is 0 Å². The SMILES string of the molecule is Br.CC(=CCCCCNCCN(C)C)C(=O)O.Cl. The van der Waals surface area contributed by atoms with E-state index in [-0.39, 0.29) is 29.4 Å². The summed E-state index contributed by atoms with van der Waals surface area (Å²) < 4.78 is 0. The van der Waals surface area contributed by atoms with E-state index in [2.05, 4.69) is 24.3 Å². The van der Waals surface area contributed by atoms with Gasteiger partial charge in [0.25, 0.3) is 0 Å². The third-order valence-corrected chi connectivity index (χ3v) is 2.33. The van der Waals surface area contributed by atoms with E-state index in [9.17, 15) is 4.79 Å². The van der Waals surface area contributed by atoms with Crippen LogP contribution in [0.1, 0.15) is 26.2 Å². The van der Waals surface area contributed by atoms with E-state index in [1.165, 1.54) is 0 Å². The Bertz CT molecular complexity index is 236. The van der Waals surface area contributed by atoms with Crippen molar-refractivity contribution < 1.29 is 9.90 Å². The number of likely N-dealkylation sites (N-methyl/N-ethyl adjacent to an activating group) is 1. The number of allylic oxidation sites excluding steroid dienone is 1. The van der Waals surface area contributed by atoms with Crippen molar-refractivity contribution in [3.05, 3.63) is 11.6 Å². The second-order valence-corrected chi connectivity index (χ2v) is 4.24. The fourth-order valence-corrected chi connectivity index (χ4v) is 1.23. The Morgan fingerprint density at radius 1 is 1.28 bits per heavy atom. The smallest absolute Gasteiger partial charge is 0.330 e. The first-order valence-corrected chi connectivity index (χ1v) is 5.79. The van der Waals surface area contributed by atoms with E-state index in [0.29, 0.717) is 5.57 Å². The van der Waals surface area contributed by atoms with Crippen LogP contribution < -0.4 is 5.32 Å². The lowest BCUT2D eigenvalue weighted by Gasteiger charge is -2.09. The summed E-state index contributed by atoms with van der Waals surface area (Å²) in [4.78, 5) is 12.6. The molecule has 0 aromatic rings. The lowest BCUT2D eigenvalue weighted by atomic mass is 10.2. The Kier molecular flexibility index (Phi) is 19.1. The van der Waals surface area contributed by atoms with Gasteiger partial charge in [-0.05, 0) is 46.8 Å². The van der Waals surface area contributed by atoms with E-state index >= 15 is 0 Å². The highest BCUT2D eigenvalue weighted by Gasteiger charge is 1.97. The summed E-state index contributed by atoms with van der Waals surface area (Å²) in [5.74, 6) is -0.816. The third-order valence-electron chi connectivity index (χ3n) is 2.33.